The average molecular weight is 296 g/mol. The van der Waals surface area contributed by atoms with Crippen molar-refractivity contribution in [2.75, 3.05) is 19.6 Å². The molecule has 0 radical (unpaired) electrons. The minimum atomic E-state index is 0.236. The number of ketones is 1. The molecule has 0 saturated carbocycles. The Kier molecular flexibility index (Phi) is 4.75. The normalized spacial score (nSPS) is 17.7. The molecular weight excluding hydrogens is 278 g/mol. The first kappa shape index (κ1) is 12.8. The third-order valence-electron chi connectivity index (χ3n) is 3.23. The highest BCUT2D eigenvalue weighted by Crippen LogP contribution is 2.13. The lowest BCUT2D eigenvalue weighted by Gasteiger charge is -2.18. The van der Waals surface area contributed by atoms with Gasteiger partial charge in [0.1, 0.15) is 0 Å². The van der Waals surface area contributed by atoms with Gasteiger partial charge in [0.15, 0.2) is 5.78 Å². The monoisotopic (exact) mass is 295 g/mol. The Labute approximate surface area is 111 Å². The third kappa shape index (κ3) is 3.93. The number of Topliss-reactive ketones (excluding diaryl/α,β-unsaturated/α-hetero) is 1. The van der Waals surface area contributed by atoms with Crippen molar-refractivity contribution in [2.45, 2.75) is 25.7 Å². The molecule has 1 saturated heterocycles. The molecule has 0 aromatic heterocycles. The first-order valence-corrected chi connectivity index (χ1v) is 7.06. The van der Waals surface area contributed by atoms with Gasteiger partial charge in [-0.15, -0.1) is 0 Å². The Morgan fingerprint density at radius 1 is 1.06 bits per heavy atom. The first-order chi connectivity index (χ1) is 8.25. The topological polar surface area (TPSA) is 20.3 Å². The molecule has 1 aromatic carbocycles. The molecular formula is C14H18BrNO. The van der Waals surface area contributed by atoms with Gasteiger partial charge in [-0.25, -0.2) is 0 Å². The van der Waals surface area contributed by atoms with Crippen molar-refractivity contribution < 1.29 is 4.79 Å². The molecule has 0 atom stereocenters. The largest absolute Gasteiger partial charge is 0.296 e. The van der Waals surface area contributed by atoms with Crippen LogP contribution in [0.1, 0.15) is 36.0 Å². The maximum Gasteiger partial charge on any atom is 0.176 e. The zero-order valence-electron chi connectivity index (χ0n) is 9.99. The van der Waals surface area contributed by atoms with E-state index < -0.39 is 0 Å². The Balaban J connectivity index is 1.93. The van der Waals surface area contributed by atoms with Crippen molar-refractivity contribution in [3.05, 3.63) is 34.3 Å². The number of nitrogens with zero attached hydrogens (tertiary/aromatic N) is 1. The van der Waals surface area contributed by atoms with Gasteiger partial charge in [0.25, 0.3) is 0 Å². The molecule has 2 nitrogen and oxygen atoms in total. The summed E-state index contributed by atoms with van der Waals surface area (Å²) in [5.74, 6) is 0.236. The predicted octanol–water partition coefficient (Wildman–Crippen LogP) is 3.51. The van der Waals surface area contributed by atoms with E-state index in [1.165, 1.54) is 25.7 Å². The van der Waals surface area contributed by atoms with Gasteiger partial charge in [0.2, 0.25) is 0 Å². The SMILES string of the molecule is O=C(CN1CCCCCC1)c1ccc(Br)cc1. The van der Waals surface area contributed by atoms with Crippen LogP contribution in [0.3, 0.4) is 0 Å². The molecule has 2 rings (SSSR count). The number of halogens is 1. The minimum absolute atomic E-state index is 0.236. The molecule has 1 aromatic rings. The van der Waals surface area contributed by atoms with Crippen LogP contribution in [-0.4, -0.2) is 30.3 Å². The van der Waals surface area contributed by atoms with Crippen molar-refractivity contribution in [3.63, 3.8) is 0 Å². The summed E-state index contributed by atoms with van der Waals surface area (Å²) in [5, 5.41) is 0. The van der Waals surface area contributed by atoms with Crippen molar-refractivity contribution >= 4 is 21.7 Å². The number of benzene rings is 1. The van der Waals surface area contributed by atoms with Gasteiger partial charge in [-0.05, 0) is 38.1 Å². The summed E-state index contributed by atoms with van der Waals surface area (Å²) in [6, 6.07) is 7.64. The van der Waals surface area contributed by atoms with E-state index in [0.29, 0.717) is 6.54 Å². The van der Waals surface area contributed by atoms with Crippen molar-refractivity contribution in [2.24, 2.45) is 0 Å². The van der Waals surface area contributed by atoms with Crippen LogP contribution in [0.15, 0.2) is 28.7 Å². The summed E-state index contributed by atoms with van der Waals surface area (Å²) in [6.07, 6.45) is 5.08. The smallest absolute Gasteiger partial charge is 0.176 e. The van der Waals surface area contributed by atoms with Crippen LogP contribution in [0.2, 0.25) is 0 Å². The van der Waals surface area contributed by atoms with Gasteiger partial charge in [-0.2, -0.15) is 0 Å². The zero-order chi connectivity index (χ0) is 12.1. The van der Waals surface area contributed by atoms with Gasteiger partial charge >= 0.3 is 0 Å². The Hall–Kier alpha value is -0.670. The average Bonchev–Trinajstić information content (AvgIpc) is 2.58. The van der Waals surface area contributed by atoms with Gasteiger partial charge in [0.05, 0.1) is 6.54 Å². The highest BCUT2D eigenvalue weighted by atomic mass is 79.9. The summed E-state index contributed by atoms with van der Waals surface area (Å²) < 4.78 is 1.02. The van der Waals surface area contributed by atoms with Crippen molar-refractivity contribution in [1.82, 2.24) is 4.90 Å². The highest BCUT2D eigenvalue weighted by molar-refractivity contribution is 9.10. The van der Waals surface area contributed by atoms with E-state index in [-0.39, 0.29) is 5.78 Å². The van der Waals surface area contributed by atoms with E-state index in [1.54, 1.807) is 0 Å². The fourth-order valence-corrected chi connectivity index (χ4v) is 2.49. The fraction of sp³-hybridized carbons (Fsp3) is 0.500. The van der Waals surface area contributed by atoms with Crippen LogP contribution in [0.5, 0.6) is 0 Å². The number of hydrogen-bond acceptors (Lipinski definition) is 2. The first-order valence-electron chi connectivity index (χ1n) is 6.27. The summed E-state index contributed by atoms with van der Waals surface area (Å²) in [6.45, 7) is 2.71. The predicted molar refractivity (Wildman–Crippen MR) is 73.4 cm³/mol. The van der Waals surface area contributed by atoms with Gasteiger partial charge < -0.3 is 0 Å². The molecule has 92 valence electrons. The molecule has 0 amide bonds. The molecule has 1 fully saturated rings. The lowest BCUT2D eigenvalue weighted by atomic mass is 10.1. The molecule has 0 spiro atoms. The maximum atomic E-state index is 12.1. The molecule has 1 heterocycles. The fourth-order valence-electron chi connectivity index (χ4n) is 2.22. The van der Waals surface area contributed by atoms with Crippen molar-refractivity contribution in [3.8, 4) is 0 Å². The molecule has 3 heteroatoms. The third-order valence-corrected chi connectivity index (χ3v) is 3.76. The minimum Gasteiger partial charge on any atom is -0.296 e. The number of carbonyl (C=O) groups excluding carboxylic acids is 1. The van der Waals surface area contributed by atoms with E-state index in [4.69, 9.17) is 0 Å². The van der Waals surface area contributed by atoms with E-state index in [9.17, 15) is 4.79 Å². The molecule has 0 aliphatic carbocycles. The van der Waals surface area contributed by atoms with Crippen LogP contribution in [0.25, 0.3) is 0 Å². The number of likely N-dealkylation sites (tertiary alicyclic amines) is 1. The van der Waals surface area contributed by atoms with Gasteiger partial charge in [-0.3, -0.25) is 9.69 Å². The number of rotatable bonds is 3. The maximum absolute atomic E-state index is 12.1. The second-order valence-electron chi connectivity index (χ2n) is 4.62. The van der Waals surface area contributed by atoms with Crippen LogP contribution >= 0.6 is 15.9 Å². The second kappa shape index (κ2) is 6.31. The lowest BCUT2D eigenvalue weighted by Crippen LogP contribution is -2.30. The molecule has 0 N–H and O–H groups in total. The van der Waals surface area contributed by atoms with Crippen LogP contribution in [0, 0.1) is 0 Å². The standard InChI is InChI=1S/C14H18BrNO/c15-13-7-5-12(6-8-13)14(17)11-16-9-3-1-2-4-10-16/h5-8H,1-4,9-11H2. The van der Waals surface area contributed by atoms with Crippen molar-refractivity contribution in [1.29, 1.82) is 0 Å². The van der Waals surface area contributed by atoms with E-state index >= 15 is 0 Å². The summed E-state index contributed by atoms with van der Waals surface area (Å²) in [4.78, 5) is 14.4. The summed E-state index contributed by atoms with van der Waals surface area (Å²) >= 11 is 3.38. The van der Waals surface area contributed by atoms with E-state index in [1.807, 2.05) is 24.3 Å². The Morgan fingerprint density at radius 2 is 1.65 bits per heavy atom. The molecule has 1 aliphatic rings. The second-order valence-corrected chi connectivity index (χ2v) is 5.54. The van der Waals surface area contributed by atoms with Crippen LogP contribution in [0.4, 0.5) is 0 Å². The van der Waals surface area contributed by atoms with Crippen LogP contribution < -0.4 is 0 Å². The van der Waals surface area contributed by atoms with Crippen LogP contribution in [-0.2, 0) is 0 Å². The summed E-state index contributed by atoms with van der Waals surface area (Å²) in [7, 11) is 0. The summed E-state index contributed by atoms with van der Waals surface area (Å²) in [5.41, 5.74) is 0.817. The molecule has 17 heavy (non-hydrogen) atoms. The van der Waals surface area contributed by atoms with Gasteiger partial charge in [0, 0.05) is 10.0 Å². The Morgan fingerprint density at radius 3 is 2.24 bits per heavy atom. The molecule has 0 bridgehead atoms. The number of carbonyl (C=O) groups is 1. The number of hydrogen-bond donors (Lipinski definition) is 0. The van der Waals surface area contributed by atoms with E-state index in [0.717, 1.165) is 23.1 Å². The lowest BCUT2D eigenvalue weighted by molar-refractivity contribution is 0.0933. The molecule has 0 unspecified atom stereocenters. The Bertz CT molecular complexity index is 366. The van der Waals surface area contributed by atoms with Gasteiger partial charge in [-0.1, -0.05) is 40.9 Å². The van der Waals surface area contributed by atoms with E-state index in [2.05, 4.69) is 20.8 Å². The zero-order valence-corrected chi connectivity index (χ0v) is 11.6. The molecule has 1 aliphatic heterocycles. The highest BCUT2D eigenvalue weighted by Gasteiger charge is 2.14. The quantitative estimate of drug-likeness (QED) is 0.796.